The summed E-state index contributed by atoms with van der Waals surface area (Å²) in [6.07, 6.45) is -1.39. The zero-order valence-corrected chi connectivity index (χ0v) is 19.9. The maximum Gasteiger partial charge on any atom is 0.425 e. The van der Waals surface area contributed by atoms with Crippen LogP contribution >= 0.6 is 11.3 Å². The van der Waals surface area contributed by atoms with Crippen LogP contribution in [0.4, 0.5) is 13.2 Å². The third kappa shape index (κ3) is 5.37. The van der Waals surface area contributed by atoms with Gasteiger partial charge in [-0.1, -0.05) is 32.9 Å². The molecule has 1 aromatic carbocycles. The van der Waals surface area contributed by atoms with Gasteiger partial charge in [0.2, 0.25) is 0 Å². The minimum absolute atomic E-state index is 0.0684. The maximum absolute atomic E-state index is 13.7. The fourth-order valence-corrected chi connectivity index (χ4v) is 5.70. The number of thiophene rings is 1. The standard InChI is InChI=1S/C25H31F3O3S/c1-5-17-13-16(12-15(2)21(17)31-11-10-29)6-7-20(30)22-18-8-9-24(3,4)14-19(18)23(32-22)25(26,27)28/h12-13,29H,5-11,14H2,1-4H3. The number of halogens is 3. The second-order valence-electron chi connectivity index (χ2n) is 9.31. The van der Waals surface area contributed by atoms with Crippen LogP contribution < -0.4 is 4.74 Å². The minimum Gasteiger partial charge on any atom is -0.491 e. The average molecular weight is 469 g/mol. The fourth-order valence-electron chi connectivity index (χ4n) is 4.50. The molecule has 3 nitrogen and oxygen atoms in total. The highest BCUT2D eigenvalue weighted by Gasteiger charge is 2.42. The van der Waals surface area contributed by atoms with Crippen molar-refractivity contribution in [1.29, 1.82) is 0 Å². The SMILES string of the molecule is CCc1cc(CCC(=O)c2sc(C(F)(F)F)c3c2CCC(C)(C)C3)cc(C)c1OCCO. The van der Waals surface area contributed by atoms with E-state index in [0.717, 1.165) is 35.3 Å². The zero-order valence-electron chi connectivity index (χ0n) is 19.1. The molecule has 0 radical (unpaired) electrons. The summed E-state index contributed by atoms with van der Waals surface area (Å²) < 4.78 is 46.7. The summed E-state index contributed by atoms with van der Waals surface area (Å²) in [4.78, 5) is 12.7. The summed E-state index contributed by atoms with van der Waals surface area (Å²) in [6.45, 7) is 8.04. The van der Waals surface area contributed by atoms with E-state index in [-0.39, 0.29) is 35.7 Å². The first kappa shape index (κ1) is 24.8. The molecule has 0 saturated carbocycles. The van der Waals surface area contributed by atoms with Crippen molar-refractivity contribution in [2.75, 3.05) is 13.2 Å². The van der Waals surface area contributed by atoms with Crippen LogP contribution in [0.15, 0.2) is 12.1 Å². The number of Topliss-reactive ketones (excluding diaryl/α,β-unsaturated/α-hetero) is 1. The number of benzene rings is 1. The summed E-state index contributed by atoms with van der Waals surface area (Å²) in [6, 6.07) is 3.94. The van der Waals surface area contributed by atoms with Gasteiger partial charge in [-0.25, -0.2) is 0 Å². The van der Waals surface area contributed by atoms with E-state index >= 15 is 0 Å². The molecule has 1 heterocycles. The molecular weight excluding hydrogens is 437 g/mol. The third-order valence-electron chi connectivity index (χ3n) is 6.11. The number of aliphatic hydroxyl groups excluding tert-OH is 1. The summed E-state index contributed by atoms with van der Waals surface area (Å²) >= 11 is 0.630. The smallest absolute Gasteiger partial charge is 0.425 e. The Morgan fingerprint density at radius 3 is 2.59 bits per heavy atom. The highest BCUT2D eigenvalue weighted by atomic mass is 32.1. The lowest BCUT2D eigenvalue weighted by atomic mass is 9.74. The Labute approximate surface area is 191 Å². The second kappa shape index (κ2) is 9.56. The number of ether oxygens (including phenoxy) is 1. The third-order valence-corrected chi connectivity index (χ3v) is 7.47. The van der Waals surface area contributed by atoms with Gasteiger partial charge in [0.05, 0.1) is 11.5 Å². The van der Waals surface area contributed by atoms with Crippen LogP contribution in [0.25, 0.3) is 0 Å². The second-order valence-corrected chi connectivity index (χ2v) is 10.3. The van der Waals surface area contributed by atoms with Crippen molar-refractivity contribution in [3.63, 3.8) is 0 Å². The monoisotopic (exact) mass is 468 g/mol. The normalized spacial score (nSPS) is 15.5. The highest BCUT2D eigenvalue weighted by molar-refractivity contribution is 7.14. The van der Waals surface area contributed by atoms with Crippen molar-refractivity contribution in [2.24, 2.45) is 5.41 Å². The van der Waals surface area contributed by atoms with Crippen molar-refractivity contribution >= 4 is 17.1 Å². The van der Waals surface area contributed by atoms with Crippen LogP contribution in [-0.2, 0) is 31.9 Å². The van der Waals surface area contributed by atoms with Crippen molar-refractivity contribution in [3.05, 3.63) is 49.7 Å². The molecule has 0 atom stereocenters. The molecule has 0 aliphatic heterocycles. The summed E-state index contributed by atoms with van der Waals surface area (Å²) in [5.41, 5.74) is 3.64. The molecule has 3 rings (SSSR count). The minimum atomic E-state index is -4.43. The molecular formula is C25H31F3O3S. The number of alkyl halides is 3. The van der Waals surface area contributed by atoms with Gasteiger partial charge in [0.15, 0.2) is 5.78 Å². The molecule has 0 bridgehead atoms. The lowest BCUT2D eigenvalue weighted by Crippen LogP contribution is -2.24. The summed E-state index contributed by atoms with van der Waals surface area (Å²) in [5, 5.41) is 9.02. The lowest BCUT2D eigenvalue weighted by Gasteiger charge is -2.30. The number of carbonyl (C=O) groups excluding carboxylic acids is 1. The zero-order chi connectivity index (χ0) is 23.7. The summed E-state index contributed by atoms with van der Waals surface area (Å²) in [7, 11) is 0. The van der Waals surface area contributed by atoms with E-state index in [1.54, 1.807) is 0 Å². The van der Waals surface area contributed by atoms with Gasteiger partial charge in [-0.05, 0) is 72.3 Å². The Balaban J connectivity index is 1.83. The van der Waals surface area contributed by atoms with Crippen molar-refractivity contribution in [3.8, 4) is 5.75 Å². The number of aryl methyl sites for hydroxylation is 3. The van der Waals surface area contributed by atoms with Gasteiger partial charge in [0.1, 0.15) is 17.2 Å². The van der Waals surface area contributed by atoms with Crippen LogP contribution in [0, 0.1) is 12.3 Å². The predicted octanol–water partition coefficient (Wildman–Crippen LogP) is 6.34. The van der Waals surface area contributed by atoms with E-state index in [2.05, 4.69) is 0 Å². The number of rotatable bonds is 8. The number of hydrogen-bond acceptors (Lipinski definition) is 4. The van der Waals surface area contributed by atoms with E-state index in [9.17, 15) is 18.0 Å². The van der Waals surface area contributed by atoms with Gasteiger partial charge >= 0.3 is 6.18 Å². The molecule has 2 aromatic rings. The van der Waals surface area contributed by atoms with Gasteiger partial charge in [0.25, 0.3) is 0 Å². The average Bonchev–Trinajstić information content (AvgIpc) is 3.08. The largest absolute Gasteiger partial charge is 0.491 e. The van der Waals surface area contributed by atoms with Crippen LogP contribution in [0.5, 0.6) is 5.75 Å². The molecule has 1 aromatic heterocycles. The van der Waals surface area contributed by atoms with Gasteiger partial charge in [0, 0.05) is 6.42 Å². The van der Waals surface area contributed by atoms with Crippen LogP contribution in [-0.4, -0.2) is 24.1 Å². The molecule has 1 N–H and O–H groups in total. The van der Waals surface area contributed by atoms with Crippen molar-refractivity contribution < 1.29 is 27.8 Å². The predicted molar refractivity (Wildman–Crippen MR) is 121 cm³/mol. The first-order valence-corrected chi connectivity index (χ1v) is 11.9. The number of fused-ring (bicyclic) bond motifs is 1. The first-order valence-electron chi connectivity index (χ1n) is 11.1. The number of aliphatic hydroxyl groups is 1. The molecule has 0 spiro atoms. The van der Waals surface area contributed by atoms with Crippen LogP contribution in [0.1, 0.15) is 76.0 Å². The van der Waals surface area contributed by atoms with E-state index in [0.29, 0.717) is 41.7 Å². The quantitative estimate of drug-likeness (QED) is 0.460. The van der Waals surface area contributed by atoms with E-state index in [4.69, 9.17) is 9.84 Å². The van der Waals surface area contributed by atoms with E-state index in [1.165, 1.54) is 0 Å². The van der Waals surface area contributed by atoms with Crippen molar-refractivity contribution in [2.45, 2.75) is 72.4 Å². The van der Waals surface area contributed by atoms with Crippen molar-refractivity contribution in [1.82, 2.24) is 0 Å². The highest BCUT2D eigenvalue weighted by Crippen LogP contribution is 2.47. The lowest BCUT2D eigenvalue weighted by molar-refractivity contribution is -0.135. The molecule has 0 fully saturated rings. The molecule has 7 heteroatoms. The molecule has 1 aliphatic rings. The van der Waals surface area contributed by atoms with E-state index in [1.807, 2.05) is 39.8 Å². The molecule has 0 unspecified atom stereocenters. The Hall–Kier alpha value is -1.86. The number of carbonyl (C=O) groups is 1. The summed E-state index contributed by atoms with van der Waals surface area (Å²) in [5.74, 6) is 0.541. The Bertz CT molecular complexity index is 989. The van der Waals surface area contributed by atoms with Gasteiger partial charge in [-0.2, -0.15) is 13.2 Å². The number of ketones is 1. The first-order chi connectivity index (χ1) is 15.0. The Kier molecular flexibility index (Phi) is 7.40. The number of hydrogen-bond donors (Lipinski definition) is 1. The Morgan fingerprint density at radius 1 is 1.25 bits per heavy atom. The molecule has 0 saturated heterocycles. The van der Waals surface area contributed by atoms with Gasteiger partial charge < -0.3 is 9.84 Å². The van der Waals surface area contributed by atoms with Crippen LogP contribution in [0.2, 0.25) is 0 Å². The maximum atomic E-state index is 13.7. The van der Waals surface area contributed by atoms with Gasteiger partial charge in [-0.3, -0.25) is 4.79 Å². The van der Waals surface area contributed by atoms with E-state index < -0.39 is 11.1 Å². The molecule has 32 heavy (non-hydrogen) atoms. The Morgan fingerprint density at radius 2 is 1.97 bits per heavy atom. The topological polar surface area (TPSA) is 46.5 Å². The fraction of sp³-hybridized carbons (Fsp3) is 0.560. The van der Waals surface area contributed by atoms with Gasteiger partial charge in [-0.15, -0.1) is 11.3 Å². The molecule has 176 valence electrons. The molecule has 0 amide bonds. The van der Waals surface area contributed by atoms with Crippen LogP contribution in [0.3, 0.4) is 0 Å². The molecule has 1 aliphatic carbocycles.